The van der Waals surface area contributed by atoms with Gasteiger partial charge in [-0.2, -0.15) is 0 Å². The highest BCUT2D eigenvalue weighted by atomic mass is 32.2. The van der Waals surface area contributed by atoms with E-state index in [0.29, 0.717) is 18.4 Å². The Morgan fingerprint density at radius 1 is 1.28 bits per heavy atom. The molecule has 0 bridgehead atoms. The van der Waals surface area contributed by atoms with E-state index in [1.54, 1.807) is 0 Å². The molecule has 0 radical (unpaired) electrons. The lowest BCUT2D eigenvalue weighted by Crippen LogP contribution is -2.41. The summed E-state index contributed by atoms with van der Waals surface area (Å²) in [7, 11) is 8.64. The molecule has 3 atom stereocenters. The van der Waals surface area contributed by atoms with Gasteiger partial charge in [0.2, 0.25) is 0 Å². The van der Waals surface area contributed by atoms with Gasteiger partial charge in [0.25, 0.3) is 0 Å². The number of hydrogen-bond acceptors (Lipinski definition) is 5. The number of carbonyl (C=O) groups is 1. The minimum atomic E-state index is -0.175. The number of rotatable bonds is 11. The predicted molar refractivity (Wildman–Crippen MR) is 137 cm³/mol. The molecular formula is C26H42N3O2S+. The first-order valence-corrected chi connectivity index (χ1v) is 12.7. The van der Waals surface area contributed by atoms with Crippen molar-refractivity contribution in [2.24, 2.45) is 11.8 Å². The average molecular weight is 461 g/mol. The second-order valence-electron chi connectivity index (χ2n) is 9.26. The third kappa shape index (κ3) is 9.00. The lowest BCUT2D eigenvalue weighted by molar-refractivity contribution is -0.851. The van der Waals surface area contributed by atoms with E-state index >= 15 is 0 Å². The van der Waals surface area contributed by atoms with Crippen LogP contribution < -0.4 is 0 Å². The van der Waals surface area contributed by atoms with Crippen molar-refractivity contribution in [3.8, 4) is 0 Å². The Kier molecular flexibility index (Phi) is 10.8. The van der Waals surface area contributed by atoms with Crippen molar-refractivity contribution >= 4 is 17.1 Å². The van der Waals surface area contributed by atoms with Crippen molar-refractivity contribution in [1.29, 1.82) is 0 Å². The number of thioether (sulfide) groups is 1. The van der Waals surface area contributed by atoms with E-state index in [1.807, 2.05) is 6.92 Å². The Morgan fingerprint density at radius 2 is 2.06 bits per heavy atom. The van der Waals surface area contributed by atoms with E-state index in [2.05, 4.69) is 93.6 Å². The molecule has 0 saturated heterocycles. The highest BCUT2D eigenvalue weighted by Gasteiger charge is 2.21. The smallest absolute Gasteiger partial charge is 0.367 e. The molecule has 5 nitrogen and oxygen atoms in total. The molecule has 1 aliphatic carbocycles. The molecule has 2 rings (SSSR count). The highest BCUT2D eigenvalue weighted by Crippen LogP contribution is 2.26. The zero-order valence-corrected chi connectivity index (χ0v) is 21.6. The number of hydrogen-bond donors (Lipinski definition) is 0. The van der Waals surface area contributed by atoms with Crippen LogP contribution in [0.2, 0.25) is 0 Å². The van der Waals surface area contributed by atoms with Crippen LogP contribution in [0.1, 0.15) is 20.3 Å². The zero-order chi connectivity index (χ0) is 23.6. The van der Waals surface area contributed by atoms with Gasteiger partial charge in [0.1, 0.15) is 6.54 Å². The van der Waals surface area contributed by atoms with Crippen LogP contribution in [0.25, 0.3) is 0 Å². The van der Waals surface area contributed by atoms with Crippen LogP contribution in [-0.4, -0.2) is 86.3 Å². The van der Waals surface area contributed by atoms with Crippen molar-refractivity contribution < 1.29 is 14.0 Å². The van der Waals surface area contributed by atoms with E-state index < -0.39 is 0 Å². The molecule has 0 N–H and O–H groups in total. The van der Waals surface area contributed by atoms with Crippen LogP contribution in [0.15, 0.2) is 60.0 Å². The van der Waals surface area contributed by atoms with Gasteiger partial charge in [0.15, 0.2) is 0 Å². The molecular weight excluding hydrogens is 418 g/mol. The number of nitrogens with zero attached hydrogens (tertiary/aromatic N) is 3. The van der Waals surface area contributed by atoms with Crippen molar-refractivity contribution in [1.82, 2.24) is 9.80 Å². The molecule has 0 aromatic rings. The van der Waals surface area contributed by atoms with Crippen molar-refractivity contribution in [2.75, 3.05) is 66.7 Å². The summed E-state index contributed by atoms with van der Waals surface area (Å²) in [6.45, 7) is 8.62. The molecule has 0 aromatic heterocycles. The summed E-state index contributed by atoms with van der Waals surface area (Å²) in [5.74, 6) is 1.67. The number of likely N-dealkylation sites (N-methyl/N-ethyl adjacent to an activating group) is 2. The minimum absolute atomic E-state index is 0.175. The Balaban J connectivity index is 1.81. The molecule has 0 spiro atoms. The highest BCUT2D eigenvalue weighted by molar-refractivity contribution is 8.13. The van der Waals surface area contributed by atoms with Crippen LogP contribution in [-0.2, 0) is 4.74 Å². The van der Waals surface area contributed by atoms with Crippen LogP contribution in [0, 0.1) is 11.8 Å². The topological polar surface area (TPSA) is 32.8 Å². The fourth-order valence-electron chi connectivity index (χ4n) is 3.79. The summed E-state index contributed by atoms with van der Waals surface area (Å²) in [6.07, 6.45) is 19.5. The van der Waals surface area contributed by atoms with Crippen LogP contribution >= 0.6 is 11.8 Å². The summed E-state index contributed by atoms with van der Waals surface area (Å²) in [6, 6.07) is 0. The van der Waals surface area contributed by atoms with Gasteiger partial charge in [-0.25, -0.2) is 4.79 Å². The maximum Gasteiger partial charge on any atom is 0.367 e. The second-order valence-corrected chi connectivity index (χ2v) is 10.3. The Bertz CT molecular complexity index is 769. The van der Waals surface area contributed by atoms with E-state index in [4.69, 9.17) is 4.74 Å². The first-order valence-electron chi connectivity index (χ1n) is 11.7. The van der Waals surface area contributed by atoms with Gasteiger partial charge in [-0.3, -0.25) is 4.48 Å². The summed E-state index contributed by atoms with van der Waals surface area (Å²) in [5.41, 5.74) is 2.58. The van der Waals surface area contributed by atoms with Crippen molar-refractivity contribution in [3.63, 3.8) is 0 Å². The van der Waals surface area contributed by atoms with Gasteiger partial charge >= 0.3 is 5.30 Å². The Morgan fingerprint density at radius 3 is 2.69 bits per heavy atom. The fourth-order valence-corrected chi connectivity index (χ4v) is 4.66. The van der Waals surface area contributed by atoms with E-state index in [1.165, 1.54) is 29.5 Å². The molecule has 2 aliphatic rings. The average Bonchev–Trinajstić information content (AvgIpc) is 2.74. The number of carbonyl (C=O) groups excluding carboxylic acids is 1. The second kappa shape index (κ2) is 13.1. The van der Waals surface area contributed by atoms with Gasteiger partial charge < -0.3 is 14.5 Å². The van der Waals surface area contributed by atoms with E-state index in [9.17, 15) is 4.79 Å². The number of quaternary nitrogens is 1. The SMILES string of the molecule is CCOC(=O)SCC[N+]1(C)C=CC(/C=C/C2C=CC(N(C)CCCN(C)C)=CC2C)=CC1. The van der Waals surface area contributed by atoms with E-state index in [0.717, 1.165) is 36.4 Å². The van der Waals surface area contributed by atoms with Gasteiger partial charge in [0, 0.05) is 25.2 Å². The van der Waals surface area contributed by atoms with Crippen LogP contribution in [0.3, 0.4) is 0 Å². The first-order chi connectivity index (χ1) is 15.2. The first kappa shape index (κ1) is 26.5. The third-order valence-electron chi connectivity index (χ3n) is 6.04. The lowest BCUT2D eigenvalue weighted by Gasteiger charge is -2.31. The van der Waals surface area contributed by atoms with Crippen molar-refractivity contribution in [2.45, 2.75) is 20.3 Å². The summed E-state index contributed by atoms with van der Waals surface area (Å²) >= 11 is 1.27. The molecule has 1 aliphatic heterocycles. The quantitative estimate of drug-likeness (QED) is 0.323. The monoisotopic (exact) mass is 460 g/mol. The summed E-state index contributed by atoms with van der Waals surface area (Å²) in [5, 5.41) is -0.175. The summed E-state index contributed by atoms with van der Waals surface area (Å²) < 4.78 is 5.80. The lowest BCUT2D eigenvalue weighted by atomic mass is 9.88. The molecule has 0 fully saturated rings. The molecule has 0 aromatic carbocycles. The maximum atomic E-state index is 11.5. The van der Waals surface area contributed by atoms with Gasteiger partial charge in [0.05, 0.1) is 32.2 Å². The largest absolute Gasteiger partial charge is 0.458 e. The normalized spacial score (nSPS) is 25.2. The molecule has 6 heteroatoms. The summed E-state index contributed by atoms with van der Waals surface area (Å²) in [4.78, 5) is 16.1. The fraction of sp³-hybridized carbons (Fsp3) is 0.577. The van der Waals surface area contributed by atoms with Crippen LogP contribution in [0.4, 0.5) is 4.79 Å². The Hall–Kier alpha value is -1.76. The van der Waals surface area contributed by atoms with Crippen LogP contribution in [0.5, 0.6) is 0 Å². The number of allylic oxidation sites excluding steroid dienone is 7. The number of ether oxygens (including phenoxy) is 1. The Labute approximate surface area is 199 Å². The third-order valence-corrected chi connectivity index (χ3v) is 6.78. The van der Waals surface area contributed by atoms with Crippen molar-refractivity contribution in [3.05, 3.63) is 60.0 Å². The van der Waals surface area contributed by atoms with Gasteiger partial charge in [-0.15, -0.1) is 0 Å². The van der Waals surface area contributed by atoms with Gasteiger partial charge in [-0.05, 0) is 75.5 Å². The van der Waals surface area contributed by atoms with Gasteiger partial charge in [-0.1, -0.05) is 31.2 Å². The predicted octanol–water partition coefficient (Wildman–Crippen LogP) is 4.92. The molecule has 0 saturated carbocycles. The zero-order valence-electron chi connectivity index (χ0n) is 20.8. The van der Waals surface area contributed by atoms with E-state index in [-0.39, 0.29) is 5.30 Å². The minimum Gasteiger partial charge on any atom is -0.458 e. The maximum absolute atomic E-state index is 11.5. The molecule has 0 amide bonds. The standard InChI is InChI=1S/C26H42N3O2S/c1-7-31-26(30)32-20-19-29(6)17-13-23(14-18-29)9-10-24-11-12-25(21-22(24)2)28(5)16-8-15-27(3)4/h9-14,17,21-22,24H,7-8,15-16,18-20H2,1-6H3/q+1/b10-9+. The molecule has 178 valence electrons. The molecule has 32 heavy (non-hydrogen) atoms. The molecule has 3 unspecified atom stereocenters. The molecule has 1 heterocycles.